The van der Waals surface area contributed by atoms with Crippen molar-refractivity contribution in [2.75, 3.05) is 0 Å². The Labute approximate surface area is 259 Å². The molecule has 0 aliphatic heterocycles. The second kappa shape index (κ2) is 11.6. The minimum absolute atomic E-state index is 0. The van der Waals surface area contributed by atoms with Crippen LogP contribution < -0.4 is 4.74 Å². The summed E-state index contributed by atoms with van der Waals surface area (Å²) < 4.78 is 10.4. The first-order chi connectivity index (χ1) is 20.2. The van der Waals surface area contributed by atoms with Gasteiger partial charge in [-0.2, -0.15) is 17.2 Å². The maximum Gasteiger partial charge on any atom is 2.00 e. The summed E-state index contributed by atoms with van der Waals surface area (Å²) >= 11 is 0. The number of rotatable bonds is 6. The number of benzene rings is 4. The fourth-order valence-electron chi connectivity index (χ4n) is 5.27. The van der Waals surface area contributed by atoms with Gasteiger partial charge in [-0.1, -0.05) is 72.3 Å². The molecule has 4 aromatic carbocycles. The Morgan fingerprint density at radius 3 is 2.33 bits per heavy atom. The average Bonchev–Trinajstić information content (AvgIpc) is 3.49. The fourth-order valence-corrected chi connectivity index (χ4v) is 5.27. The zero-order valence-electron chi connectivity index (χ0n) is 23.1. The molecule has 42 heavy (non-hydrogen) atoms. The molecular weight excluding hydrogens is 700 g/mol. The Kier molecular flexibility index (Phi) is 7.60. The van der Waals surface area contributed by atoms with Crippen molar-refractivity contribution in [3.8, 4) is 23.0 Å². The van der Waals surface area contributed by atoms with E-state index in [1.54, 1.807) is 6.20 Å². The van der Waals surface area contributed by atoms with Crippen LogP contribution >= 0.6 is 0 Å². The molecule has 0 saturated carbocycles. The van der Waals surface area contributed by atoms with Crippen molar-refractivity contribution in [1.82, 2.24) is 19.3 Å². The van der Waals surface area contributed by atoms with Crippen molar-refractivity contribution in [3.05, 3.63) is 144 Å². The Hall–Kier alpha value is -4.73. The normalized spacial score (nSPS) is 11.3. The van der Waals surface area contributed by atoms with Crippen LogP contribution in [0.15, 0.2) is 109 Å². The third kappa shape index (κ3) is 5.08. The maximum absolute atomic E-state index is 6.32. The fraction of sp³-hybridized carbons (Fsp3) is 0.0556. The van der Waals surface area contributed by atoms with Gasteiger partial charge in [-0.05, 0) is 48.7 Å². The van der Waals surface area contributed by atoms with E-state index < -0.39 is 0 Å². The topological polar surface area (TPSA) is 44.9 Å². The van der Waals surface area contributed by atoms with Crippen LogP contribution in [0, 0.1) is 26.0 Å². The zero-order chi connectivity index (χ0) is 27.8. The number of para-hydroxylation sites is 1. The van der Waals surface area contributed by atoms with Crippen LogP contribution in [-0.2, 0) is 21.1 Å². The van der Waals surface area contributed by atoms with Crippen LogP contribution in [0.5, 0.6) is 11.5 Å². The van der Waals surface area contributed by atoms with E-state index in [1.807, 2.05) is 78.3 Å². The molecule has 5 nitrogen and oxygen atoms in total. The smallest absolute Gasteiger partial charge is 0.509 e. The van der Waals surface area contributed by atoms with Crippen LogP contribution in [0.1, 0.15) is 22.5 Å². The van der Waals surface area contributed by atoms with Crippen molar-refractivity contribution in [1.29, 1.82) is 0 Å². The molecule has 0 unspecified atom stereocenters. The molecule has 0 saturated heterocycles. The second-order valence-corrected chi connectivity index (χ2v) is 9.87. The summed E-state index contributed by atoms with van der Waals surface area (Å²) in [5, 5.41) is 7.05. The molecule has 0 bridgehead atoms. The van der Waals surface area contributed by atoms with Gasteiger partial charge in [0.2, 0.25) is 0 Å². The molecule has 206 valence electrons. The zero-order valence-corrected chi connectivity index (χ0v) is 25.3. The third-order valence-corrected chi connectivity index (χ3v) is 7.23. The number of aromatic nitrogens is 4. The van der Waals surface area contributed by atoms with Crippen LogP contribution in [0.25, 0.3) is 45.5 Å². The molecule has 0 aliphatic rings. The van der Waals surface area contributed by atoms with E-state index in [4.69, 9.17) is 9.84 Å². The molecule has 0 amide bonds. The molecular formula is C36H26N4OPt. The summed E-state index contributed by atoms with van der Waals surface area (Å²) in [6, 6.07) is 41.3. The van der Waals surface area contributed by atoms with Gasteiger partial charge < -0.3 is 9.30 Å². The minimum Gasteiger partial charge on any atom is -0.509 e. The number of aryl methyl sites for hydroxylation is 1. The molecule has 0 atom stereocenters. The predicted molar refractivity (Wildman–Crippen MR) is 165 cm³/mol. The Bertz CT molecular complexity index is 2040. The summed E-state index contributed by atoms with van der Waals surface area (Å²) in [6.45, 7) is 4.10. The molecule has 0 aliphatic carbocycles. The van der Waals surface area contributed by atoms with Crippen molar-refractivity contribution < 1.29 is 25.8 Å². The van der Waals surface area contributed by atoms with Crippen LogP contribution in [0.3, 0.4) is 0 Å². The standard InChI is InChI=1S/C36H26N4O.Pt/c1-25-31(20-18-27-11-4-3-5-12-27)26(2)40(38-25)28-13-10-14-29(23-28)41-30-19-21-33-32-15-6-7-16-34(32)39(35(33)24-30)36-17-8-9-22-37-36;/h3-22H,1-2H3;/q-2;+2/b20-18+;. The summed E-state index contributed by atoms with van der Waals surface area (Å²) in [5.41, 5.74) is 7.03. The van der Waals surface area contributed by atoms with Gasteiger partial charge in [0.25, 0.3) is 0 Å². The minimum atomic E-state index is 0. The first-order valence-corrected chi connectivity index (χ1v) is 13.5. The van der Waals surface area contributed by atoms with E-state index in [-0.39, 0.29) is 21.1 Å². The number of ether oxygens (including phenoxy) is 1. The van der Waals surface area contributed by atoms with Crippen molar-refractivity contribution in [3.63, 3.8) is 0 Å². The Morgan fingerprint density at radius 1 is 0.714 bits per heavy atom. The Balaban J connectivity index is 0.00000316. The number of hydrogen-bond acceptors (Lipinski definition) is 3. The summed E-state index contributed by atoms with van der Waals surface area (Å²) in [6.07, 6.45) is 6.04. The second-order valence-electron chi connectivity index (χ2n) is 9.87. The third-order valence-electron chi connectivity index (χ3n) is 7.23. The SMILES string of the molecule is Cc1nn(-c2[c-]c(Oc3[c-]c4c(cc3)c3ccccc3n4-c3ccccn3)ccc2)c(C)c1/C=C/c1ccccc1.[Pt+2]. The van der Waals surface area contributed by atoms with Gasteiger partial charge in [-0.25, -0.2) is 4.98 Å². The predicted octanol–water partition coefficient (Wildman–Crippen LogP) is 8.54. The van der Waals surface area contributed by atoms with E-state index >= 15 is 0 Å². The maximum atomic E-state index is 6.32. The average molecular weight is 726 g/mol. The number of pyridine rings is 1. The van der Waals surface area contributed by atoms with Gasteiger partial charge in [0.1, 0.15) is 5.82 Å². The van der Waals surface area contributed by atoms with Gasteiger partial charge in [-0.15, -0.1) is 35.7 Å². The summed E-state index contributed by atoms with van der Waals surface area (Å²) in [5.74, 6) is 2.03. The Morgan fingerprint density at radius 2 is 1.50 bits per heavy atom. The molecule has 6 heteroatoms. The van der Waals surface area contributed by atoms with Gasteiger partial charge in [0.15, 0.2) is 0 Å². The van der Waals surface area contributed by atoms with Crippen molar-refractivity contribution in [2.45, 2.75) is 13.8 Å². The van der Waals surface area contributed by atoms with Gasteiger partial charge in [0.05, 0.1) is 5.69 Å². The van der Waals surface area contributed by atoms with Crippen LogP contribution in [-0.4, -0.2) is 19.3 Å². The summed E-state index contributed by atoms with van der Waals surface area (Å²) in [4.78, 5) is 4.61. The molecule has 0 N–H and O–H groups in total. The molecule has 0 fully saturated rings. The number of hydrogen-bond donors (Lipinski definition) is 0. The summed E-state index contributed by atoms with van der Waals surface area (Å²) in [7, 11) is 0. The van der Waals surface area contributed by atoms with E-state index in [2.05, 4.69) is 77.2 Å². The first-order valence-electron chi connectivity index (χ1n) is 13.5. The first kappa shape index (κ1) is 27.4. The van der Waals surface area contributed by atoms with E-state index in [0.717, 1.165) is 55.8 Å². The number of nitrogens with zero attached hydrogens (tertiary/aromatic N) is 4. The van der Waals surface area contributed by atoms with Gasteiger partial charge >= 0.3 is 21.1 Å². The van der Waals surface area contributed by atoms with Gasteiger partial charge in [-0.3, -0.25) is 4.68 Å². The van der Waals surface area contributed by atoms with E-state index in [0.29, 0.717) is 11.5 Å². The molecule has 7 rings (SSSR count). The van der Waals surface area contributed by atoms with Gasteiger partial charge in [0, 0.05) is 34.5 Å². The van der Waals surface area contributed by atoms with Crippen LogP contribution in [0.2, 0.25) is 0 Å². The van der Waals surface area contributed by atoms with E-state index in [1.165, 1.54) is 0 Å². The molecule has 0 spiro atoms. The quantitative estimate of drug-likeness (QED) is 0.162. The molecule has 3 aromatic heterocycles. The van der Waals surface area contributed by atoms with Crippen molar-refractivity contribution >= 4 is 34.0 Å². The van der Waals surface area contributed by atoms with Crippen molar-refractivity contribution in [2.24, 2.45) is 0 Å². The van der Waals surface area contributed by atoms with E-state index in [9.17, 15) is 0 Å². The largest absolute Gasteiger partial charge is 2.00 e. The molecule has 0 radical (unpaired) electrons. The molecule has 7 aromatic rings. The number of fused-ring (bicyclic) bond motifs is 3. The molecule has 3 heterocycles. The monoisotopic (exact) mass is 725 g/mol. The van der Waals surface area contributed by atoms with Crippen LogP contribution in [0.4, 0.5) is 0 Å².